The number of hydrogen-bond acceptors (Lipinski definition) is 4. The lowest BCUT2D eigenvalue weighted by molar-refractivity contribution is -0.151. The maximum absolute atomic E-state index is 11.1. The van der Waals surface area contributed by atoms with E-state index < -0.39 is 17.9 Å². The van der Waals surface area contributed by atoms with Gasteiger partial charge in [-0.2, -0.15) is 0 Å². The van der Waals surface area contributed by atoms with E-state index in [1.54, 1.807) is 0 Å². The van der Waals surface area contributed by atoms with Gasteiger partial charge in [0.05, 0.1) is 19.4 Å². The van der Waals surface area contributed by atoms with Crippen LogP contribution < -0.4 is 0 Å². The minimum atomic E-state index is -1.07. The highest BCUT2D eigenvalue weighted by molar-refractivity contribution is 5.80. The molecule has 5 nitrogen and oxygen atoms in total. The van der Waals surface area contributed by atoms with Crippen LogP contribution in [0.3, 0.4) is 0 Å². The van der Waals surface area contributed by atoms with Crippen LogP contribution in [0.2, 0.25) is 0 Å². The Morgan fingerprint density at radius 2 is 1.93 bits per heavy atom. The molecular formula is C9H14O5. The molecule has 0 aromatic carbocycles. The molecule has 0 aliphatic carbocycles. The molecular weight excluding hydrogens is 188 g/mol. The number of carbonyl (C=O) groups is 3. The number of carbonyl (C=O) groups excluding carboxylic acids is 2. The van der Waals surface area contributed by atoms with Crippen molar-refractivity contribution in [1.82, 2.24) is 0 Å². The maximum atomic E-state index is 11.1. The molecule has 0 aliphatic rings. The Bertz CT molecular complexity index is 233. The normalized spacial score (nSPS) is 11.9. The fourth-order valence-electron chi connectivity index (χ4n) is 1.06. The van der Waals surface area contributed by atoms with Gasteiger partial charge in [-0.15, -0.1) is 0 Å². The number of carboxylic acids is 1. The Labute approximate surface area is 82.1 Å². The third-order valence-electron chi connectivity index (χ3n) is 1.80. The lowest BCUT2D eigenvalue weighted by Crippen LogP contribution is -2.20. The molecule has 0 rings (SSSR count). The summed E-state index contributed by atoms with van der Waals surface area (Å²) >= 11 is 0. The van der Waals surface area contributed by atoms with Gasteiger partial charge in [-0.1, -0.05) is 0 Å². The zero-order chi connectivity index (χ0) is 11.1. The van der Waals surface area contributed by atoms with Crippen LogP contribution in [0.1, 0.15) is 26.2 Å². The Morgan fingerprint density at radius 3 is 2.29 bits per heavy atom. The first kappa shape index (κ1) is 12.6. The molecule has 1 atom stereocenters. The van der Waals surface area contributed by atoms with Crippen LogP contribution in [-0.4, -0.2) is 29.9 Å². The molecule has 0 aromatic rings. The quantitative estimate of drug-likeness (QED) is 0.638. The Kier molecular flexibility index (Phi) is 5.52. The predicted molar refractivity (Wildman–Crippen MR) is 47.7 cm³/mol. The van der Waals surface area contributed by atoms with Crippen LogP contribution in [0, 0.1) is 5.92 Å². The van der Waals surface area contributed by atoms with E-state index in [1.807, 2.05) is 0 Å². The van der Waals surface area contributed by atoms with Crippen LogP contribution in [0.4, 0.5) is 0 Å². The number of esters is 1. The van der Waals surface area contributed by atoms with E-state index in [0.29, 0.717) is 0 Å². The van der Waals surface area contributed by atoms with Crippen molar-refractivity contribution in [2.24, 2.45) is 5.92 Å². The van der Waals surface area contributed by atoms with E-state index in [2.05, 4.69) is 4.74 Å². The number of Topliss-reactive ketones (excluding diaryl/α,β-unsaturated/α-hetero) is 1. The van der Waals surface area contributed by atoms with Gasteiger partial charge in [0, 0.05) is 6.42 Å². The van der Waals surface area contributed by atoms with Gasteiger partial charge in [0.15, 0.2) is 0 Å². The summed E-state index contributed by atoms with van der Waals surface area (Å²) in [6, 6.07) is 0. The van der Waals surface area contributed by atoms with Crippen LogP contribution in [0.25, 0.3) is 0 Å². The second kappa shape index (κ2) is 6.12. The van der Waals surface area contributed by atoms with Crippen molar-refractivity contribution >= 4 is 17.7 Å². The van der Waals surface area contributed by atoms with Gasteiger partial charge < -0.3 is 14.6 Å². The summed E-state index contributed by atoms with van der Waals surface area (Å²) in [6.45, 7) is 1.40. The number of ketones is 1. The fraction of sp³-hybridized carbons (Fsp3) is 0.667. The van der Waals surface area contributed by atoms with Crippen molar-refractivity contribution in [2.45, 2.75) is 26.2 Å². The summed E-state index contributed by atoms with van der Waals surface area (Å²) in [5.74, 6) is -2.43. The largest absolute Gasteiger partial charge is 0.481 e. The molecule has 0 spiro atoms. The number of ether oxygens (including phenoxy) is 1. The number of hydrogen-bond donors (Lipinski definition) is 1. The fourth-order valence-corrected chi connectivity index (χ4v) is 1.06. The maximum Gasteiger partial charge on any atom is 0.309 e. The summed E-state index contributed by atoms with van der Waals surface area (Å²) in [5.41, 5.74) is 0. The second-order valence-corrected chi connectivity index (χ2v) is 3.06. The topological polar surface area (TPSA) is 80.7 Å². The van der Waals surface area contributed by atoms with Crippen molar-refractivity contribution < 1.29 is 24.2 Å². The predicted octanol–water partition coefficient (Wildman–Crippen LogP) is 0.620. The summed E-state index contributed by atoms with van der Waals surface area (Å²) in [5, 5.41) is 8.50. The van der Waals surface area contributed by atoms with Gasteiger partial charge in [0.25, 0.3) is 0 Å². The first-order valence-corrected chi connectivity index (χ1v) is 4.26. The van der Waals surface area contributed by atoms with Gasteiger partial charge in [0.2, 0.25) is 0 Å². The van der Waals surface area contributed by atoms with E-state index >= 15 is 0 Å². The number of rotatable bonds is 6. The molecule has 1 N–H and O–H groups in total. The van der Waals surface area contributed by atoms with Gasteiger partial charge in [-0.25, -0.2) is 0 Å². The molecule has 0 saturated heterocycles. The smallest absolute Gasteiger partial charge is 0.309 e. The average Bonchev–Trinajstić information content (AvgIpc) is 2.10. The van der Waals surface area contributed by atoms with Gasteiger partial charge in [0.1, 0.15) is 5.78 Å². The first-order chi connectivity index (χ1) is 6.47. The Morgan fingerprint density at radius 1 is 1.36 bits per heavy atom. The second-order valence-electron chi connectivity index (χ2n) is 3.06. The van der Waals surface area contributed by atoms with E-state index in [1.165, 1.54) is 14.0 Å². The highest BCUT2D eigenvalue weighted by Crippen LogP contribution is 2.13. The minimum Gasteiger partial charge on any atom is -0.481 e. The molecule has 5 heteroatoms. The van der Waals surface area contributed by atoms with E-state index in [-0.39, 0.29) is 25.0 Å². The molecule has 0 heterocycles. The highest BCUT2D eigenvalue weighted by Gasteiger charge is 2.22. The Hall–Kier alpha value is -1.39. The zero-order valence-corrected chi connectivity index (χ0v) is 8.28. The zero-order valence-electron chi connectivity index (χ0n) is 8.28. The molecule has 1 unspecified atom stereocenters. The van der Waals surface area contributed by atoms with Crippen molar-refractivity contribution in [3.05, 3.63) is 0 Å². The van der Waals surface area contributed by atoms with Crippen LogP contribution in [0.15, 0.2) is 0 Å². The number of carboxylic acid groups (broad SMARTS) is 1. The first-order valence-electron chi connectivity index (χ1n) is 4.26. The van der Waals surface area contributed by atoms with Crippen molar-refractivity contribution in [1.29, 1.82) is 0 Å². The van der Waals surface area contributed by atoms with E-state index in [4.69, 9.17) is 5.11 Å². The lowest BCUT2D eigenvalue weighted by atomic mass is 9.98. The molecule has 0 aromatic heterocycles. The van der Waals surface area contributed by atoms with Crippen LogP contribution >= 0.6 is 0 Å². The van der Waals surface area contributed by atoms with E-state index in [9.17, 15) is 14.4 Å². The molecule has 0 aliphatic heterocycles. The summed E-state index contributed by atoms with van der Waals surface area (Å²) < 4.78 is 4.43. The van der Waals surface area contributed by atoms with Gasteiger partial charge >= 0.3 is 11.9 Å². The molecule has 14 heavy (non-hydrogen) atoms. The van der Waals surface area contributed by atoms with Crippen LogP contribution in [0.5, 0.6) is 0 Å². The van der Waals surface area contributed by atoms with Crippen molar-refractivity contribution in [3.8, 4) is 0 Å². The lowest BCUT2D eigenvalue weighted by Gasteiger charge is -2.10. The van der Waals surface area contributed by atoms with Gasteiger partial charge in [-0.3, -0.25) is 9.59 Å². The molecule has 0 bridgehead atoms. The van der Waals surface area contributed by atoms with Crippen molar-refractivity contribution in [2.75, 3.05) is 7.11 Å². The summed E-state index contributed by atoms with van der Waals surface area (Å²) in [6.07, 6.45) is 0.140. The molecule has 0 radical (unpaired) electrons. The third kappa shape index (κ3) is 5.29. The minimum absolute atomic E-state index is 0.0655. The number of methoxy groups -OCH3 is 1. The molecule has 0 saturated carbocycles. The monoisotopic (exact) mass is 202 g/mol. The third-order valence-corrected chi connectivity index (χ3v) is 1.80. The summed E-state index contributed by atoms with van der Waals surface area (Å²) in [4.78, 5) is 32.1. The van der Waals surface area contributed by atoms with E-state index in [0.717, 1.165) is 0 Å². The molecule has 0 amide bonds. The molecule has 0 fully saturated rings. The standard InChI is InChI=1S/C9H14O5/c1-6(10)3-4-7(5-8(11)12)9(13)14-2/h7H,3-5H2,1-2H3,(H,11,12). The SMILES string of the molecule is COC(=O)C(CCC(C)=O)CC(=O)O. The van der Waals surface area contributed by atoms with Gasteiger partial charge in [-0.05, 0) is 13.3 Å². The summed E-state index contributed by atoms with van der Waals surface area (Å²) in [7, 11) is 1.20. The average molecular weight is 202 g/mol. The Balaban J connectivity index is 4.17. The van der Waals surface area contributed by atoms with Crippen molar-refractivity contribution in [3.63, 3.8) is 0 Å². The molecule has 80 valence electrons. The highest BCUT2D eigenvalue weighted by atomic mass is 16.5. The van der Waals surface area contributed by atoms with Crippen LogP contribution in [-0.2, 0) is 19.1 Å². The number of aliphatic carboxylic acids is 1.